The molecule has 0 aromatic heterocycles. The van der Waals surface area contributed by atoms with Crippen LogP contribution in [0, 0.1) is 0 Å². The number of halogens is 1. The van der Waals surface area contributed by atoms with E-state index in [1.807, 2.05) is 18.2 Å². The summed E-state index contributed by atoms with van der Waals surface area (Å²) in [6.07, 6.45) is -0.276. The average Bonchev–Trinajstić information content (AvgIpc) is 3.17. The molecule has 0 spiro atoms. The second kappa shape index (κ2) is 9.62. The van der Waals surface area contributed by atoms with Gasteiger partial charge in [-0.2, -0.15) is 0 Å². The number of nitrogens with zero attached hydrogens (tertiary/aromatic N) is 1. The fourth-order valence-electron chi connectivity index (χ4n) is 3.24. The highest BCUT2D eigenvalue weighted by Crippen LogP contribution is 2.43. The molecule has 6 nitrogen and oxygen atoms in total. The number of esters is 1. The van der Waals surface area contributed by atoms with Crippen LogP contribution >= 0.6 is 23.4 Å². The van der Waals surface area contributed by atoms with E-state index in [4.69, 9.17) is 25.8 Å². The molecule has 2 aromatic carbocycles. The summed E-state index contributed by atoms with van der Waals surface area (Å²) in [6.45, 7) is 3.57. The summed E-state index contributed by atoms with van der Waals surface area (Å²) in [5.41, 5.74) is 1.21. The molecule has 0 bridgehead atoms. The first kappa shape index (κ1) is 22.3. The van der Waals surface area contributed by atoms with Crippen LogP contribution in [0.5, 0.6) is 11.5 Å². The van der Waals surface area contributed by atoms with Crippen LogP contribution in [0.1, 0.15) is 35.1 Å². The number of hydrogen-bond donors (Lipinski definition) is 0. The van der Waals surface area contributed by atoms with Gasteiger partial charge in [-0.05, 0) is 43.7 Å². The fraction of sp³-hybridized carbons (Fsp3) is 0.364. The van der Waals surface area contributed by atoms with Crippen LogP contribution in [0.25, 0.3) is 0 Å². The van der Waals surface area contributed by atoms with Gasteiger partial charge in [-0.15, -0.1) is 11.8 Å². The van der Waals surface area contributed by atoms with Gasteiger partial charge in [0.2, 0.25) is 0 Å². The zero-order valence-electron chi connectivity index (χ0n) is 17.3. The quantitative estimate of drug-likeness (QED) is 0.602. The second-order valence-corrected chi connectivity index (χ2v) is 8.61. The molecule has 0 saturated carbocycles. The minimum absolute atomic E-state index is 0.276. The molecule has 1 aliphatic heterocycles. The lowest BCUT2D eigenvalue weighted by Gasteiger charge is -2.29. The van der Waals surface area contributed by atoms with E-state index in [0.29, 0.717) is 27.8 Å². The molecule has 160 valence electrons. The summed E-state index contributed by atoms with van der Waals surface area (Å²) < 4.78 is 16.0. The number of amides is 1. The van der Waals surface area contributed by atoms with Gasteiger partial charge >= 0.3 is 5.97 Å². The first-order chi connectivity index (χ1) is 14.3. The van der Waals surface area contributed by atoms with Gasteiger partial charge in [0.25, 0.3) is 5.91 Å². The van der Waals surface area contributed by atoms with Gasteiger partial charge < -0.3 is 19.1 Å². The summed E-state index contributed by atoms with van der Waals surface area (Å²) in [5.74, 6) is 0.670. The van der Waals surface area contributed by atoms with Crippen molar-refractivity contribution in [3.05, 3.63) is 58.6 Å². The standard InChI is InChI=1S/C22H24ClNO5S/c1-13(2)29-22(26)19-12-30-21(14-6-5-7-16(23)8-14)24(19)20(25)15-9-17(27-3)11-18(10-15)28-4/h5-11,13,19,21H,12H2,1-4H3. The summed E-state index contributed by atoms with van der Waals surface area (Å²) in [7, 11) is 3.04. The predicted octanol–water partition coefficient (Wildman–Crippen LogP) is 4.57. The Labute approximate surface area is 185 Å². The van der Waals surface area contributed by atoms with Crippen molar-refractivity contribution < 1.29 is 23.8 Å². The molecule has 0 radical (unpaired) electrons. The van der Waals surface area contributed by atoms with E-state index < -0.39 is 12.0 Å². The Hall–Kier alpha value is -2.38. The van der Waals surface area contributed by atoms with Gasteiger partial charge in [0.05, 0.1) is 20.3 Å². The number of methoxy groups -OCH3 is 2. The maximum atomic E-state index is 13.6. The Morgan fingerprint density at radius 2 is 1.77 bits per heavy atom. The van der Waals surface area contributed by atoms with E-state index >= 15 is 0 Å². The van der Waals surface area contributed by atoms with Crippen molar-refractivity contribution in [2.75, 3.05) is 20.0 Å². The average molecular weight is 450 g/mol. The predicted molar refractivity (Wildman–Crippen MR) is 117 cm³/mol. The van der Waals surface area contributed by atoms with Crippen molar-refractivity contribution in [3.8, 4) is 11.5 Å². The van der Waals surface area contributed by atoms with Crippen molar-refractivity contribution in [2.24, 2.45) is 0 Å². The molecule has 1 fully saturated rings. The Balaban J connectivity index is 2.03. The largest absolute Gasteiger partial charge is 0.497 e. The summed E-state index contributed by atoms with van der Waals surface area (Å²) >= 11 is 7.68. The molecule has 1 aliphatic rings. The number of thioether (sulfide) groups is 1. The molecule has 30 heavy (non-hydrogen) atoms. The van der Waals surface area contributed by atoms with E-state index in [2.05, 4.69) is 0 Å². The van der Waals surface area contributed by atoms with Crippen LogP contribution in [0.15, 0.2) is 42.5 Å². The van der Waals surface area contributed by atoms with Crippen LogP contribution < -0.4 is 9.47 Å². The molecular weight excluding hydrogens is 426 g/mol. The van der Waals surface area contributed by atoms with Crippen LogP contribution in [0.4, 0.5) is 0 Å². The van der Waals surface area contributed by atoms with Crippen molar-refractivity contribution in [1.29, 1.82) is 0 Å². The minimum atomic E-state index is -0.717. The molecule has 3 rings (SSSR count). The molecular formula is C22H24ClNO5S. The maximum Gasteiger partial charge on any atom is 0.330 e. The number of carbonyl (C=O) groups is 2. The third-order valence-corrected chi connectivity index (χ3v) is 6.15. The first-order valence-electron chi connectivity index (χ1n) is 9.47. The highest BCUT2D eigenvalue weighted by atomic mass is 35.5. The number of rotatable bonds is 6. The highest BCUT2D eigenvalue weighted by molar-refractivity contribution is 7.99. The minimum Gasteiger partial charge on any atom is -0.497 e. The lowest BCUT2D eigenvalue weighted by molar-refractivity contribution is -0.151. The SMILES string of the molecule is COc1cc(OC)cc(C(=O)N2C(C(=O)OC(C)C)CSC2c2cccc(Cl)c2)c1. The lowest BCUT2D eigenvalue weighted by Crippen LogP contribution is -2.44. The van der Waals surface area contributed by atoms with Crippen LogP contribution in [-0.4, -0.2) is 48.9 Å². The Morgan fingerprint density at radius 3 is 2.33 bits per heavy atom. The molecule has 0 N–H and O–H groups in total. The van der Waals surface area contributed by atoms with Gasteiger partial charge in [0, 0.05) is 22.4 Å². The van der Waals surface area contributed by atoms with Crippen LogP contribution in [-0.2, 0) is 9.53 Å². The topological polar surface area (TPSA) is 65.1 Å². The van der Waals surface area contributed by atoms with E-state index in [1.54, 1.807) is 43.0 Å². The number of ether oxygens (including phenoxy) is 3. The van der Waals surface area contributed by atoms with Crippen molar-refractivity contribution in [3.63, 3.8) is 0 Å². The van der Waals surface area contributed by atoms with Gasteiger partial charge in [-0.3, -0.25) is 4.79 Å². The van der Waals surface area contributed by atoms with Crippen molar-refractivity contribution >= 4 is 35.2 Å². The third kappa shape index (κ3) is 4.84. The van der Waals surface area contributed by atoms with Crippen molar-refractivity contribution in [1.82, 2.24) is 4.90 Å². The van der Waals surface area contributed by atoms with Gasteiger partial charge in [0.15, 0.2) is 0 Å². The van der Waals surface area contributed by atoms with Crippen LogP contribution in [0.2, 0.25) is 5.02 Å². The molecule has 0 aliphatic carbocycles. The Bertz CT molecular complexity index is 913. The molecule has 1 saturated heterocycles. The molecule has 2 unspecified atom stereocenters. The molecule has 1 heterocycles. The van der Waals surface area contributed by atoms with E-state index in [9.17, 15) is 9.59 Å². The van der Waals surface area contributed by atoms with E-state index in [-0.39, 0.29) is 17.4 Å². The maximum absolute atomic E-state index is 13.6. The normalized spacial score (nSPS) is 18.4. The summed E-state index contributed by atoms with van der Waals surface area (Å²) in [4.78, 5) is 28.0. The van der Waals surface area contributed by atoms with Gasteiger partial charge in [-0.1, -0.05) is 23.7 Å². The van der Waals surface area contributed by atoms with E-state index in [1.165, 1.54) is 26.0 Å². The summed E-state index contributed by atoms with van der Waals surface area (Å²) in [5, 5.41) is 0.190. The highest BCUT2D eigenvalue weighted by Gasteiger charge is 2.44. The number of carbonyl (C=O) groups excluding carboxylic acids is 2. The monoisotopic (exact) mass is 449 g/mol. The third-order valence-electron chi connectivity index (χ3n) is 4.59. The van der Waals surface area contributed by atoms with Crippen molar-refractivity contribution in [2.45, 2.75) is 31.4 Å². The molecule has 8 heteroatoms. The zero-order chi connectivity index (χ0) is 21.8. The fourth-order valence-corrected chi connectivity index (χ4v) is 4.85. The lowest BCUT2D eigenvalue weighted by atomic mass is 10.1. The summed E-state index contributed by atoms with van der Waals surface area (Å²) in [6, 6.07) is 11.5. The van der Waals surface area contributed by atoms with E-state index in [0.717, 1.165) is 5.56 Å². The second-order valence-electron chi connectivity index (χ2n) is 7.06. The first-order valence-corrected chi connectivity index (χ1v) is 10.9. The van der Waals surface area contributed by atoms with Gasteiger partial charge in [0.1, 0.15) is 22.9 Å². The zero-order valence-corrected chi connectivity index (χ0v) is 18.8. The Kier molecular flexibility index (Phi) is 7.15. The van der Waals surface area contributed by atoms with Gasteiger partial charge in [-0.25, -0.2) is 4.79 Å². The Morgan fingerprint density at radius 1 is 1.10 bits per heavy atom. The molecule has 2 aromatic rings. The van der Waals surface area contributed by atoms with Crippen LogP contribution in [0.3, 0.4) is 0 Å². The smallest absolute Gasteiger partial charge is 0.330 e. The molecule has 1 amide bonds. The number of hydrogen-bond acceptors (Lipinski definition) is 6. The number of benzene rings is 2. The molecule has 2 atom stereocenters.